The number of rotatable bonds is 5. The molecule has 1 heterocycles. The molecule has 1 aromatic rings. The fraction of sp³-hybridized carbons (Fsp3) is 0.455. The summed E-state index contributed by atoms with van der Waals surface area (Å²) in [6, 6.07) is -0.451. The Bertz CT molecular complexity index is 447. The van der Waals surface area contributed by atoms with Crippen molar-refractivity contribution < 1.29 is 9.59 Å². The van der Waals surface area contributed by atoms with Crippen molar-refractivity contribution in [2.45, 2.75) is 19.9 Å². The predicted molar refractivity (Wildman–Crippen MR) is 66.9 cm³/mol. The molecule has 0 aliphatic heterocycles. The molecule has 0 fully saturated rings. The Morgan fingerprint density at radius 2 is 2.00 bits per heavy atom. The summed E-state index contributed by atoms with van der Waals surface area (Å²) in [7, 11) is 1.56. The third-order valence-corrected chi connectivity index (χ3v) is 2.39. The van der Waals surface area contributed by atoms with E-state index in [1.807, 2.05) is 13.8 Å². The summed E-state index contributed by atoms with van der Waals surface area (Å²) in [4.78, 5) is 30.5. The number of hydrogen-bond donors (Lipinski definition) is 3. The molecule has 0 aliphatic carbocycles. The summed E-state index contributed by atoms with van der Waals surface area (Å²) in [5.41, 5.74) is 5.17. The van der Waals surface area contributed by atoms with Gasteiger partial charge in [0.25, 0.3) is 5.91 Å². The van der Waals surface area contributed by atoms with E-state index in [0.29, 0.717) is 5.82 Å². The van der Waals surface area contributed by atoms with Gasteiger partial charge in [0.15, 0.2) is 0 Å². The number of carbonyl (C=O) groups excluding carboxylic acids is 2. The van der Waals surface area contributed by atoms with Crippen molar-refractivity contribution in [2.24, 2.45) is 11.7 Å². The Labute approximate surface area is 105 Å². The van der Waals surface area contributed by atoms with Crippen LogP contribution in [0.4, 0.5) is 5.82 Å². The number of amides is 2. The highest BCUT2D eigenvalue weighted by molar-refractivity contribution is 5.91. The minimum Gasteiger partial charge on any atom is -0.364 e. The summed E-state index contributed by atoms with van der Waals surface area (Å²) < 4.78 is 0. The first-order valence-electron chi connectivity index (χ1n) is 5.55. The Hall–Kier alpha value is -2.18. The largest absolute Gasteiger partial charge is 0.364 e. The molecular formula is C11H17N5O2. The van der Waals surface area contributed by atoms with Gasteiger partial charge in [0, 0.05) is 7.05 Å². The molecule has 7 heteroatoms. The predicted octanol–water partition coefficient (Wildman–Crippen LogP) is -0.242. The second-order valence-corrected chi connectivity index (χ2v) is 4.13. The van der Waals surface area contributed by atoms with Gasteiger partial charge in [0.2, 0.25) is 5.91 Å². The molecule has 0 bridgehead atoms. The van der Waals surface area contributed by atoms with Crippen LogP contribution >= 0.6 is 0 Å². The zero-order valence-electron chi connectivity index (χ0n) is 10.6. The first kappa shape index (κ1) is 13.9. The van der Waals surface area contributed by atoms with Crippen LogP contribution in [0.5, 0.6) is 0 Å². The highest BCUT2D eigenvalue weighted by Gasteiger charge is 2.21. The number of nitrogens with one attached hydrogen (secondary N) is 2. The fourth-order valence-electron chi connectivity index (χ4n) is 1.40. The standard InChI is InChI=1S/C11H17N5O2/c1-6(2)9(11(18)13-3)16-8-5-14-4-7(15-8)10(12)17/h4-6,9H,1-3H3,(H2,12,17)(H,13,18)(H,15,16). The van der Waals surface area contributed by atoms with Gasteiger partial charge in [-0.25, -0.2) is 4.98 Å². The Balaban J connectivity index is 2.90. The van der Waals surface area contributed by atoms with Crippen molar-refractivity contribution in [3.05, 3.63) is 18.1 Å². The zero-order valence-corrected chi connectivity index (χ0v) is 10.6. The van der Waals surface area contributed by atoms with E-state index >= 15 is 0 Å². The van der Waals surface area contributed by atoms with Gasteiger partial charge in [-0.15, -0.1) is 0 Å². The summed E-state index contributed by atoms with van der Waals surface area (Å²) >= 11 is 0. The first-order chi connectivity index (χ1) is 8.45. The molecule has 1 rings (SSSR count). The third-order valence-electron chi connectivity index (χ3n) is 2.39. The third kappa shape index (κ3) is 3.41. The van der Waals surface area contributed by atoms with E-state index in [1.54, 1.807) is 7.05 Å². The summed E-state index contributed by atoms with van der Waals surface area (Å²) in [6.07, 6.45) is 2.71. The van der Waals surface area contributed by atoms with Crippen LogP contribution in [-0.2, 0) is 4.79 Å². The molecule has 2 amide bonds. The number of primary amides is 1. The van der Waals surface area contributed by atoms with Gasteiger partial charge in [-0.05, 0) is 5.92 Å². The van der Waals surface area contributed by atoms with Gasteiger partial charge in [-0.1, -0.05) is 13.8 Å². The summed E-state index contributed by atoms with van der Waals surface area (Å²) in [6.45, 7) is 3.80. The summed E-state index contributed by atoms with van der Waals surface area (Å²) in [5.74, 6) is -0.416. The van der Waals surface area contributed by atoms with Crippen LogP contribution in [0.25, 0.3) is 0 Å². The molecule has 7 nitrogen and oxygen atoms in total. The minimum absolute atomic E-state index is 0.0550. The monoisotopic (exact) mass is 251 g/mol. The van der Waals surface area contributed by atoms with Crippen LogP contribution in [0.3, 0.4) is 0 Å². The average molecular weight is 251 g/mol. The molecule has 0 radical (unpaired) electrons. The molecule has 0 aromatic carbocycles. The van der Waals surface area contributed by atoms with Crippen molar-refractivity contribution in [3.63, 3.8) is 0 Å². The van der Waals surface area contributed by atoms with Crippen LogP contribution in [0.2, 0.25) is 0 Å². The van der Waals surface area contributed by atoms with Crippen molar-refractivity contribution in [1.29, 1.82) is 0 Å². The molecule has 0 saturated carbocycles. The molecule has 18 heavy (non-hydrogen) atoms. The maximum absolute atomic E-state index is 11.7. The van der Waals surface area contributed by atoms with Gasteiger partial charge in [0.05, 0.1) is 12.4 Å². The highest BCUT2D eigenvalue weighted by atomic mass is 16.2. The number of nitrogens with two attached hydrogens (primary N) is 1. The van der Waals surface area contributed by atoms with Crippen molar-refractivity contribution in [3.8, 4) is 0 Å². The molecule has 0 spiro atoms. The smallest absolute Gasteiger partial charge is 0.268 e. The van der Waals surface area contributed by atoms with E-state index in [2.05, 4.69) is 20.6 Å². The first-order valence-corrected chi connectivity index (χ1v) is 5.55. The van der Waals surface area contributed by atoms with E-state index < -0.39 is 11.9 Å². The number of hydrogen-bond acceptors (Lipinski definition) is 5. The number of aromatic nitrogens is 2. The Morgan fingerprint density at radius 1 is 1.33 bits per heavy atom. The van der Waals surface area contributed by atoms with Gasteiger partial charge >= 0.3 is 0 Å². The molecule has 0 aliphatic rings. The lowest BCUT2D eigenvalue weighted by atomic mass is 10.0. The van der Waals surface area contributed by atoms with Crippen LogP contribution in [-0.4, -0.2) is 34.9 Å². The normalized spacial score (nSPS) is 12.0. The van der Waals surface area contributed by atoms with Crippen LogP contribution in [0.15, 0.2) is 12.4 Å². The SMILES string of the molecule is CNC(=O)C(Nc1cncc(C(N)=O)n1)C(C)C. The number of carbonyl (C=O) groups is 2. The molecule has 98 valence electrons. The molecular weight excluding hydrogens is 234 g/mol. The van der Waals surface area contributed by atoms with Crippen LogP contribution in [0.1, 0.15) is 24.3 Å². The Kier molecular flexibility index (Phi) is 4.59. The van der Waals surface area contributed by atoms with E-state index in [9.17, 15) is 9.59 Å². The number of likely N-dealkylation sites (N-methyl/N-ethyl adjacent to an activating group) is 1. The quantitative estimate of drug-likeness (QED) is 0.669. The maximum Gasteiger partial charge on any atom is 0.268 e. The number of anilines is 1. The second kappa shape index (κ2) is 5.95. The van der Waals surface area contributed by atoms with Gasteiger partial charge in [-0.2, -0.15) is 0 Å². The van der Waals surface area contributed by atoms with Gasteiger partial charge in [-0.3, -0.25) is 14.6 Å². The second-order valence-electron chi connectivity index (χ2n) is 4.13. The van der Waals surface area contributed by atoms with E-state index in [1.165, 1.54) is 12.4 Å². The average Bonchev–Trinajstić information content (AvgIpc) is 2.35. The van der Waals surface area contributed by atoms with Crippen molar-refractivity contribution in [1.82, 2.24) is 15.3 Å². The lowest BCUT2D eigenvalue weighted by Gasteiger charge is -2.21. The fourth-order valence-corrected chi connectivity index (χ4v) is 1.40. The van der Waals surface area contributed by atoms with E-state index in [4.69, 9.17) is 5.73 Å². The van der Waals surface area contributed by atoms with Crippen LogP contribution < -0.4 is 16.4 Å². The molecule has 4 N–H and O–H groups in total. The van der Waals surface area contributed by atoms with Crippen LogP contribution in [0, 0.1) is 5.92 Å². The molecule has 1 aromatic heterocycles. The zero-order chi connectivity index (χ0) is 13.7. The van der Waals surface area contributed by atoms with E-state index in [-0.39, 0.29) is 17.5 Å². The Morgan fingerprint density at radius 3 is 2.50 bits per heavy atom. The molecule has 0 saturated heterocycles. The van der Waals surface area contributed by atoms with Gasteiger partial charge < -0.3 is 16.4 Å². The van der Waals surface area contributed by atoms with Gasteiger partial charge in [0.1, 0.15) is 17.6 Å². The summed E-state index contributed by atoms with van der Waals surface area (Å²) in [5, 5.41) is 5.49. The topological polar surface area (TPSA) is 110 Å². The van der Waals surface area contributed by atoms with Crippen molar-refractivity contribution in [2.75, 3.05) is 12.4 Å². The minimum atomic E-state index is -0.660. The van der Waals surface area contributed by atoms with E-state index in [0.717, 1.165) is 0 Å². The lowest BCUT2D eigenvalue weighted by Crippen LogP contribution is -2.41. The number of nitrogens with zero attached hydrogens (tertiary/aromatic N) is 2. The van der Waals surface area contributed by atoms with Crippen molar-refractivity contribution >= 4 is 17.6 Å². The highest BCUT2D eigenvalue weighted by Crippen LogP contribution is 2.10. The molecule has 1 atom stereocenters. The molecule has 1 unspecified atom stereocenters. The lowest BCUT2D eigenvalue weighted by molar-refractivity contribution is -0.122. The maximum atomic E-state index is 11.7.